The third-order valence-corrected chi connectivity index (χ3v) is 13.1. The number of hydrogen-bond acceptors (Lipinski definition) is 8. The standard InChI is InChI=1S/C41H48ClN3O2.C2H4F3NO4S2/c1-7-44(8-2)31-19-15-29(16-20-31)40(37-24-21-32(27-38(37)42)45(9-3)10-4)36-25-26-39(35-14-12-11-13-34(35)36)43-30-17-22-33(23-18-30)47-41(46)28(5)6;1-11(7,8)6-12(9,10)2(3,4)5/h11-16,19-21,24-27,30,33H,5,7-10,17-18,22-23H2,1-4,6H3;6H,1H3/p+1. The average molecular weight is 879 g/mol. The molecule has 0 radical (unpaired) electrons. The summed E-state index contributed by atoms with van der Waals surface area (Å²) in [5.74, 6) is -0.291. The van der Waals surface area contributed by atoms with Crippen LogP contribution in [0.25, 0.3) is 11.1 Å². The first-order valence-corrected chi connectivity index (χ1v) is 23.2. The number of hydrogen-bond donors (Lipinski definition) is 2. The van der Waals surface area contributed by atoms with Crippen LogP contribution in [0.1, 0.15) is 82.6 Å². The molecule has 0 heterocycles. The van der Waals surface area contributed by atoms with Crippen molar-refractivity contribution in [3.05, 3.63) is 118 Å². The Morgan fingerprint density at radius 3 is 1.88 bits per heavy atom. The predicted molar refractivity (Wildman–Crippen MR) is 231 cm³/mol. The summed E-state index contributed by atoms with van der Waals surface area (Å²) in [6.45, 7) is 17.9. The monoisotopic (exact) mass is 877 g/mol. The van der Waals surface area contributed by atoms with Crippen LogP contribution in [-0.2, 0) is 29.6 Å². The second-order valence-corrected chi connectivity index (χ2v) is 18.3. The van der Waals surface area contributed by atoms with Gasteiger partial charge < -0.3 is 14.5 Å². The Labute approximate surface area is 351 Å². The Morgan fingerprint density at radius 1 is 0.847 bits per heavy atom. The van der Waals surface area contributed by atoms with Crippen LogP contribution in [0.5, 0.6) is 0 Å². The van der Waals surface area contributed by atoms with Crippen LogP contribution in [0.3, 0.4) is 0 Å². The number of carbonyl (C=O) groups is 1. The van der Waals surface area contributed by atoms with Gasteiger partial charge in [0.05, 0.1) is 16.8 Å². The molecule has 3 aromatic rings. The van der Waals surface area contributed by atoms with Crippen molar-refractivity contribution in [3.63, 3.8) is 0 Å². The maximum atomic E-state index is 12.0. The van der Waals surface area contributed by atoms with Crippen molar-refractivity contribution in [2.24, 2.45) is 0 Å². The van der Waals surface area contributed by atoms with E-state index in [0.29, 0.717) is 22.0 Å². The molecule has 0 aromatic heterocycles. The molecule has 2 N–H and O–H groups in total. The number of alkyl halides is 3. The van der Waals surface area contributed by atoms with E-state index in [1.807, 2.05) is 0 Å². The molecule has 5 rings (SSSR count). The first-order valence-electron chi connectivity index (χ1n) is 19.5. The number of allylic oxidation sites excluding steroid dienone is 3. The van der Waals surface area contributed by atoms with E-state index in [1.165, 1.54) is 16.8 Å². The zero-order chi connectivity index (χ0) is 43.7. The lowest BCUT2D eigenvalue weighted by Gasteiger charge is -2.25. The zero-order valence-corrected chi connectivity index (χ0v) is 36.6. The number of nitrogens with zero attached hydrogens (tertiary/aromatic N) is 2. The summed E-state index contributed by atoms with van der Waals surface area (Å²) in [5.41, 5.74) is 5.07. The third-order valence-electron chi connectivity index (χ3n) is 10.1. The lowest BCUT2D eigenvalue weighted by Crippen LogP contribution is -2.80. The molecular formula is C43H53ClF3N4O6S2+. The molecule has 0 unspecified atom stereocenters. The van der Waals surface area contributed by atoms with Crippen LogP contribution in [0.4, 0.5) is 24.5 Å². The number of fused-ring (bicyclic) bond motifs is 1. The van der Waals surface area contributed by atoms with Gasteiger partial charge in [0, 0.05) is 67.6 Å². The minimum Gasteiger partial charge on any atom is -0.459 e. The maximum absolute atomic E-state index is 12.0. The second kappa shape index (κ2) is 20.2. The van der Waals surface area contributed by atoms with E-state index >= 15 is 0 Å². The molecule has 320 valence electrons. The molecule has 16 heteroatoms. The van der Waals surface area contributed by atoms with Gasteiger partial charge in [-0.05, 0) is 106 Å². The van der Waals surface area contributed by atoms with Crippen LogP contribution in [0, 0.1) is 0 Å². The van der Waals surface area contributed by atoms with E-state index in [4.69, 9.17) is 16.3 Å². The molecule has 10 nitrogen and oxygen atoms in total. The Bertz CT molecular complexity index is 2300. The smallest absolute Gasteiger partial charge is 0.459 e. The molecule has 0 saturated heterocycles. The van der Waals surface area contributed by atoms with Crippen LogP contribution in [-0.4, -0.2) is 78.6 Å². The SMILES string of the molecule is C=C(C)C(=O)OC1CCC([NH+]=C2C=CC(=C(c3ccc(N(CC)CC)cc3)c3ccc(N(CC)CC)cc3Cl)c3ccccc32)CC1.CS(=O)(=O)NS(=O)(=O)C(F)(F)F. The van der Waals surface area contributed by atoms with Crippen LogP contribution in [0.2, 0.25) is 5.02 Å². The highest BCUT2D eigenvalue weighted by Gasteiger charge is 2.47. The number of benzene rings is 3. The molecule has 59 heavy (non-hydrogen) atoms. The molecule has 0 bridgehead atoms. The molecule has 0 amide bonds. The topological polar surface area (TPSA) is 127 Å². The van der Waals surface area contributed by atoms with Gasteiger partial charge in [-0.2, -0.15) is 13.2 Å². The minimum atomic E-state index is -5.79. The highest BCUT2D eigenvalue weighted by molar-refractivity contribution is 8.04. The van der Waals surface area contributed by atoms with E-state index in [0.717, 1.165) is 90.6 Å². The van der Waals surface area contributed by atoms with Gasteiger partial charge in [-0.15, -0.1) is 4.13 Å². The summed E-state index contributed by atoms with van der Waals surface area (Å²) in [6, 6.07) is 24.3. The van der Waals surface area contributed by atoms with Gasteiger partial charge in [0.2, 0.25) is 15.7 Å². The van der Waals surface area contributed by atoms with Gasteiger partial charge >= 0.3 is 21.5 Å². The predicted octanol–water partition coefficient (Wildman–Crippen LogP) is 7.25. The Morgan fingerprint density at radius 2 is 1.39 bits per heavy atom. The molecule has 2 aliphatic rings. The number of sulfonamides is 2. The molecule has 3 aromatic carbocycles. The van der Waals surface area contributed by atoms with Crippen molar-refractivity contribution in [2.45, 2.75) is 78.0 Å². The third kappa shape index (κ3) is 12.3. The number of halogens is 4. The fourth-order valence-corrected chi connectivity index (χ4v) is 9.30. The van der Waals surface area contributed by atoms with Gasteiger partial charge in [0.25, 0.3) is 0 Å². The average Bonchev–Trinajstić information content (AvgIpc) is 3.17. The van der Waals surface area contributed by atoms with Gasteiger partial charge in [-0.3, -0.25) is 0 Å². The zero-order valence-electron chi connectivity index (χ0n) is 34.2. The van der Waals surface area contributed by atoms with Gasteiger partial charge in [-0.1, -0.05) is 54.6 Å². The number of anilines is 2. The first-order chi connectivity index (χ1) is 27.7. The van der Waals surface area contributed by atoms with E-state index in [2.05, 4.69) is 128 Å². The number of ether oxygens (including phenoxy) is 1. The molecule has 0 atom stereocenters. The number of esters is 1. The van der Waals surface area contributed by atoms with Crippen LogP contribution in [0.15, 0.2) is 91.0 Å². The van der Waals surface area contributed by atoms with Crippen LogP contribution >= 0.6 is 11.6 Å². The van der Waals surface area contributed by atoms with E-state index in [1.54, 1.807) is 6.92 Å². The Hall–Kier alpha value is -4.44. The number of nitrogens with one attached hydrogen (secondary N) is 2. The van der Waals surface area contributed by atoms with E-state index < -0.39 is 25.6 Å². The maximum Gasteiger partial charge on any atom is 0.512 e. The first kappa shape index (κ1) is 47.2. The fourth-order valence-electron chi connectivity index (χ4n) is 7.06. The van der Waals surface area contributed by atoms with Crippen LogP contribution < -0.4 is 18.9 Å². The highest BCUT2D eigenvalue weighted by Crippen LogP contribution is 2.41. The summed E-state index contributed by atoms with van der Waals surface area (Å²) in [4.78, 5) is 20.6. The van der Waals surface area contributed by atoms with Crippen molar-refractivity contribution >= 4 is 65.8 Å². The molecule has 0 spiro atoms. The Balaban J connectivity index is 0.000000556. The molecule has 0 aliphatic heterocycles. The summed E-state index contributed by atoms with van der Waals surface area (Å²) >= 11 is 7.18. The van der Waals surface area contributed by atoms with Crippen molar-refractivity contribution in [1.82, 2.24) is 4.13 Å². The summed E-state index contributed by atoms with van der Waals surface area (Å²) < 4.78 is 80.8. The quantitative estimate of drug-likeness (QED) is 0.136. The summed E-state index contributed by atoms with van der Waals surface area (Å²) in [7, 11) is -10.2. The lowest BCUT2D eigenvalue weighted by molar-refractivity contribution is -0.507. The lowest BCUT2D eigenvalue weighted by atomic mass is 9.83. The van der Waals surface area contributed by atoms with Crippen molar-refractivity contribution < 1.29 is 44.5 Å². The minimum absolute atomic E-state index is 0.0421. The highest BCUT2D eigenvalue weighted by atomic mass is 35.5. The summed E-state index contributed by atoms with van der Waals surface area (Å²) in [6.07, 6.45) is 8.28. The van der Waals surface area contributed by atoms with E-state index in [9.17, 15) is 34.8 Å². The van der Waals surface area contributed by atoms with Crippen molar-refractivity contribution in [2.75, 3.05) is 42.2 Å². The summed E-state index contributed by atoms with van der Waals surface area (Å²) in [5, 5.41) is 0.743. The van der Waals surface area contributed by atoms with Gasteiger partial charge in [0.1, 0.15) is 6.10 Å². The molecule has 1 fully saturated rings. The number of rotatable bonds is 13. The van der Waals surface area contributed by atoms with Crippen molar-refractivity contribution in [1.29, 1.82) is 0 Å². The number of carbonyl (C=O) groups excluding carboxylic acids is 1. The second-order valence-electron chi connectivity index (χ2n) is 14.2. The van der Waals surface area contributed by atoms with Gasteiger partial charge in [0.15, 0.2) is 6.04 Å². The normalized spacial score (nSPS) is 18.3. The van der Waals surface area contributed by atoms with Gasteiger partial charge in [-0.25, -0.2) is 26.6 Å². The largest absolute Gasteiger partial charge is 0.512 e. The molecular weight excluding hydrogens is 825 g/mol. The van der Waals surface area contributed by atoms with Crippen molar-refractivity contribution in [3.8, 4) is 0 Å². The van der Waals surface area contributed by atoms with E-state index in [-0.39, 0.29) is 12.1 Å². The fraction of sp³-hybridized carbons (Fsp3) is 0.395. The Kier molecular flexibility index (Phi) is 16.2. The molecule has 1 saturated carbocycles. The molecule has 2 aliphatic carbocycles.